The fraction of sp³-hybridized carbons (Fsp3) is 0.400. The molecule has 0 spiro atoms. The number of aliphatic hydroxyl groups is 1. The number of rotatable bonds is 0. The van der Waals surface area contributed by atoms with Crippen molar-refractivity contribution in [3.05, 3.63) is 17.0 Å². The van der Waals surface area contributed by atoms with Gasteiger partial charge in [-0.05, 0) is 11.4 Å². The molecule has 1 fully saturated rings. The number of carbonyl (C=O) groups is 2. The highest BCUT2D eigenvalue weighted by Crippen LogP contribution is 2.32. The Bertz CT molecular complexity index is 470. The normalized spacial score (nSPS) is 28.4. The van der Waals surface area contributed by atoms with Gasteiger partial charge in [-0.25, -0.2) is 0 Å². The molecule has 1 aromatic heterocycles. The van der Waals surface area contributed by atoms with Crippen LogP contribution in [0.1, 0.15) is 16.8 Å². The summed E-state index contributed by atoms with van der Waals surface area (Å²) in [5.41, 5.74) is 0.523. The molecule has 2 aliphatic rings. The molecule has 84 valence electrons. The summed E-state index contributed by atoms with van der Waals surface area (Å²) < 4.78 is 0. The van der Waals surface area contributed by atoms with E-state index < -0.39 is 12.1 Å². The van der Waals surface area contributed by atoms with Crippen LogP contribution in [0.15, 0.2) is 11.4 Å². The zero-order valence-corrected chi connectivity index (χ0v) is 9.16. The molecule has 1 aromatic rings. The Morgan fingerprint density at radius 1 is 1.50 bits per heavy atom. The number of fused-ring (bicyclic) bond motifs is 2. The van der Waals surface area contributed by atoms with E-state index in [0.29, 0.717) is 17.0 Å². The van der Waals surface area contributed by atoms with Crippen LogP contribution >= 0.6 is 11.3 Å². The van der Waals surface area contributed by atoms with Crippen LogP contribution in [0.25, 0.3) is 0 Å². The van der Waals surface area contributed by atoms with Gasteiger partial charge >= 0.3 is 0 Å². The van der Waals surface area contributed by atoms with E-state index in [1.165, 1.54) is 16.2 Å². The van der Waals surface area contributed by atoms with E-state index >= 15 is 0 Å². The highest BCUT2D eigenvalue weighted by molar-refractivity contribution is 7.14. The van der Waals surface area contributed by atoms with Gasteiger partial charge < -0.3 is 15.3 Å². The number of amides is 2. The summed E-state index contributed by atoms with van der Waals surface area (Å²) in [6.45, 7) is 0.242. The highest BCUT2D eigenvalue weighted by atomic mass is 32.1. The molecule has 0 bridgehead atoms. The predicted octanol–water partition coefficient (Wildman–Crippen LogP) is 0.276. The first-order valence-corrected chi connectivity index (χ1v) is 5.92. The molecule has 0 aliphatic carbocycles. The molecule has 6 heteroatoms. The number of nitrogens with one attached hydrogen (secondary N) is 1. The van der Waals surface area contributed by atoms with Gasteiger partial charge in [0.1, 0.15) is 11.0 Å². The monoisotopic (exact) mass is 238 g/mol. The Balaban J connectivity index is 2.06. The van der Waals surface area contributed by atoms with Crippen LogP contribution in [-0.2, 0) is 4.79 Å². The number of hydrogen-bond acceptors (Lipinski definition) is 4. The Labute approximate surface area is 95.7 Å². The minimum atomic E-state index is -0.597. The number of nitrogens with zero attached hydrogens (tertiary/aromatic N) is 1. The Morgan fingerprint density at radius 2 is 2.31 bits per heavy atom. The molecule has 0 radical (unpaired) electrons. The number of aliphatic hydroxyl groups excluding tert-OH is 1. The third-order valence-electron chi connectivity index (χ3n) is 2.97. The first kappa shape index (κ1) is 9.80. The molecule has 2 amide bonds. The Hall–Kier alpha value is -1.40. The van der Waals surface area contributed by atoms with Crippen molar-refractivity contribution in [3.63, 3.8) is 0 Å². The molecule has 3 heterocycles. The molecular formula is C10H10N2O3S. The Kier molecular flexibility index (Phi) is 2.02. The van der Waals surface area contributed by atoms with Crippen molar-refractivity contribution in [2.24, 2.45) is 0 Å². The van der Waals surface area contributed by atoms with Gasteiger partial charge in [0.05, 0.1) is 11.7 Å². The molecule has 16 heavy (non-hydrogen) atoms. The summed E-state index contributed by atoms with van der Waals surface area (Å²) in [7, 11) is 0. The van der Waals surface area contributed by atoms with E-state index in [2.05, 4.69) is 5.32 Å². The zero-order chi connectivity index (χ0) is 11.3. The number of carbonyl (C=O) groups excluding carboxylic acids is 2. The average molecular weight is 238 g/mol. The minimum absolute atomic E-state index is 0.170. The summed E-state index contributed by atoms with van der Waals surface area (Å²) >= 11 is 1.34. The van der Waals surface area contributed by atoms with Gasteiger partial charge in [0.25, 0.3) is 5.91 Å². The van der Waals surface area contributed by atoms with Crippen molar-refractivity contribution in [2.45, 2.75) is 18.6 Å². The molecule has 0 unspecified atom stereocenters. The largest absolute Gasteiger partial charge is 0.391 e. The van der Waals surface area contributed by atoms with Gasteiger partial charge in [-0.1, -0.05) is 0 Å². The van der Waals surface area contributed by atoms with E-state index in [1.807, 2.05) is 0 Å². The van der Waals surface area contributed by atoms with Crippen molar-refractivity contribution < 1.29 is 14.7 Å². The number of anilines is 1. The number of hydrogen-bond donors (Lipinski definition) is 2. The lowest BCUT2D eigenvalue weighted by Crippen LogP contribution is -2.40. The standard InChI is InChI=1S/C10H10N2O3S/c13-5-3-7-8(14)11-9-6(1-2-16-9)10(15)12(7)4-5/h1-2,5,7,13H,3-4H2,(H,11,14)/t5-,7+/m1/s1. The fourth-order valence-corrected chi connectivity index (χ4v) is 2.99. The minimum Gasteiger partial charge on any atom is -0.391 e. The highest BCUT2D eigenvalue weighted by Gasteiger charge is 2.42. The van der Waals surface area contributed by atoms with Gasteiger partial charge in [-0.15, -0.1) is 11.3 Å². The summed E-state index contributed by atoms with van der Waals surface area (Å²) in [6, 6.07) is 1.18. The number of thiophene rings is 1. The van der Waals surface area contributed by atoms with Gasteiger partial charge in [0, 0.05) is 13.0 Å². The van der Waals surface area contributed by atoms with E-state index in [9.17, 15) is 14.7 Å². The second-order valence-electron chi connectivity index (χ2n) is 4.02. The lowest BCUT2D eigenvalue weighted by atomic mass is 10.2. The fourth-order valence-electron chi connectivity index (χ4n) is 2.21. The van der Waals surface area contributed by atoms with Crippen molar-refractivity contribution in [1.82, 2.24) is 4.90 Å². The lowest BCUT2D eigenvalue weighted by molar-refractivity contribution is -0.119. The van der Waals surface area contributed by atoms with Crippen molar-refractivity contribution in [3.8, 4) is 0 Å². The first-order chi connectivity index (χ1) is 7.66. The van der Waals surface area contributed by atoms with Crippen LogP contribution in [0.4, 0.5) is 5.00 Å². The smallest absolute Gasteiger partial charge is 0.257 e. The van der Waals surface area contributed by atoms with Crippen LogP contribution in [0.3, 0.4) is 0 Å². The second kappa shape index (κ2) is 3.29. The maximum atomic E-state index is 12.1. The van der Waals surface area contributed by atoms with E-state index in [0.717, 1.165) is 0 Å². The molecule has 0 saturated carbocycles. The quantitative estimate of drug-likeness (QED) is 0.682. The average Bonchev–Trinajstić information content (AvgIpc) is 2.81. The van der Waals surface area contributed by atoms with E-state index in [4.69, 9.17) is 0 Å². The van der Waals surface area contributed by atoms with E-state index in [1.54, 1.807) is 11.4 Å². The third-order valence-corrected chi connectivity index (χ3v) is 3.80. The third kappa shape index (κ3) is 1.27. The van der Waals surface area contributed by atoms with Gasteiger partial charge in [0.15, 0.2) is 0 Å². The molecule has 2 atom stereocenters. The summed E-state index contributed by atoms with van der Waals surface area (Å²) in [5, 5.41) is 14.6. The van der Waals surface area contributed by atoms with Crippen molar-refractivity contribution in [1.29, 1.82) is 0 Å². The summed E-state index contributed by atoms with van der Waals surface area (Å²) in [5.74, 6) is -0.373. The predicted molar refractivity (Wildman–Crippen MR) is 58.4 cm³/mol. The van der Waals surface area contributed by atoms with E-state index in [-0.39, 0.29) is 18.4 Å². The summed E-state index contributed by atoms with van der Waals surface area (Å²) in [6.07, 6.45) is -0.271. The second-order valence-corrected chi connectivity index (χ2v) is 4.93. The van der Waals surface area contributed by atoms with Crippen LogP contribution in [0.5, 0.6) is 0 Å². The van der Waals surface area contributed by atoms with Gasteiger partial charge in [-0.2, -0.15) is 0 Å². The molecule has 5 nitrogen and oxygen atoms in total. The molecule has 0 aromatic carbocycles. The van der Waals surface area contributed by atoms with Crippen molar-refractivity contribution >= 4 is 28.2 Å². The maximum Gasteiger partial charge on any atom is 0.257 e. The topological polar surface area (TPSA) is 69.6 Å². The maximum absolute atomic E-state index is 12.1. The molecule has 2 N–H and O–H groups in total. The zero-order valence-electron chi connectivity index (χ0n) is 8.34. The molecule has 1 saturated heterocycles. The molecular weight excluding hydrogens is 228 g/mol. The SMILES string of the molecule is O=C1Nc2sccc2C(=O)N2C[C@H](O)C[C@@H]12. The van der Waals surface area contributed by atoms with Gasteiger partial charge in [0.2, 0.25) is 5.91 Å². The van der Waals surface area contributed by atoms with Crippen LogP contribution in [0.2, 0.25) is 0 Å². The molecule has 3 rings (SSSR count). The van der Waals surface area contributed by atoms with Gasteiger partial charge in [-0.3, -0.25) is 9.59 Å². The lowest BCUT2D eigenvalue weighted by Gasteiger charge is -2.19. The molecule has 2 aliphatic heterocycles. The summed E-state index contributed by atoms with van der Waals surface area (Å²) in [4.78, 5) is 25.4. The van der Waals surface area contributed by atoms with Crippen LogP contribution < -0.4 is 5.32 Å². The first-order valence-electron chi connectivity index (χ1n) is 5.04. The van der Waals surface area contributed by atoms with Crippen LogP contribution in [0, 0.1) is 0 Å². The Morgan fingerprint density at radius 3 is 3.12 bits per heavy atom. The van der Waals surface area contributed by atoms with Crippen LogP contribution in [-0.4, -0.2) is 40.5 Å². The van der Waals surface area contributed by atoms with Crippen molar-refractivity contribution in [2.75, 3.05) is 11.9 Å².